The van der Waals surface area contributed by atoms with Gasteiger partial charge >= 0.3 is 0 Å². The minimum absolute atomic E-state index is 0.0202. The molecule has 1 atom stereocenters. The molecule has 1 unspecified atom stereocenters. The first-order valence-corrected chi connectivity index (χ1v) is 6.33. The number of ether oxygens (including phenoxy) is 1. The second kappa shape index (κ2) is 6.38. The van der Waals surface area contributed by atoms with Crippen molar-refractivity contribution in [2.24, 2.45) is 5.73 Å². The van der Waals surface area contributed by atoms with Gasteiger partial charge in [-0.2, -0.15) is 5.26 Å². The first-order chi connectivity index (χ1) is 9.63. The predicted molar refractivity (Wildman–Crippen MR) is 75.0 cm³/mol. The summed E-state index contributed by atoms with van der Waals surface area (Å²) in [5, 5.41) is 9.30. The molecule has 2 N–H and O–H groups in total. The lowest BCUT2D eigenvalue weighted by atomic mass is 10.1. The van der Waals surface area contributed by atoms with Crippen LogP contribution in [0.15, 0.2) is 42.5 Å². The Bertz CT molecular complexity index is 637. The molecule has 3 nitrogen and oxygen atoms in total. The fourth-order valence-electron chi connectivity index (χ4n) is 1.75. The van der Waals surface area contributed by atoms with Gasteiger partial charge < -0.3 is 10.5 Å². The Morgan fingerprint density at radius 1 is 1.25 bits per heavy atom. The van der Waals surface area contributed by atoms with E-state index in [1.807, 2.05) is 0 Å². The van der Waals surface area contributed by atoms with E-state index in [4.69, 9.17) is 27.3 Å². The number of nitrogens with two attached hydrogens (primary N) is 1. The van der Waals surface area contributed by atoms with Gasteiger partial charge in [-0.15, -0.1) is 0 Å². The summed E-state index contributed by atoms with van der Waals surface area (Å²) in [7, 11) is 0. The van der Waals surface area contributed by atoms with E-state index in [1.54, 1.807) is 36.4 Å². The van der Waals surface area contributed by atoms with Crippen molar-refractivity contribution in [3.05, 3.63) is 64.4 Å². The van der Waals surface area contributed by atoms with Crippen molar-refractivity contribution in [3.8, 4) is 11.8 Å². The number of benzene rings is 2. The van der Waals surface area contributed by atoms with Gasteiger partial charge in [0.2, 0.25) is 0 Å². The van der Waals surface area contributed by atoms with Crippen LogP contribution in [0.4, 0.5) is 4.39 Å². The van der Waals surface area contributed by atoms with Crippen LogP contribution < -0.4 is 10.5 Å². The van der Waals surface area contributed by atoms with E-state index in [1.165, 1.54) is 12.1 Å². The molecule has 0 amide bonds. The lowest BCUT2D eigenvalue weighted by Gasteiger charge is -2.18. The van der Waals surface area contributed by atoms with Crippen molar-refractivity contribution in [2.45, 2.75) is 6.10 Å². The SMILES string of the molecule is N#Cc1ccc(OC(CN)c2ccc(Cl)cc2)cc1F. The molecule has 0 radical (unpaired) electrons. The summed E-state index contributed by atoms with van der Waals surface area (Å²) in [6, 6.07) is 12.9. The Morgan fingerprint density at radius 2 is 1.95 bits per heavy atom. The van der Waals surface area contributed by atoms with Crippen LogP contribution in [0.1, 0.15) is 17.2 Å². The number of halogens is 2. The molecule has 0 heterocycles. The summed E-state index contributed by atoms with van der Waals surface area (Å²) in [5.41, 5.74) is 6.51. The summed E-state index contributed by atoms with van der Waals surface area (Å²) < 4.78 is 19.2. The van der Waals surface area contributed by atoms with Crippen LogP contribution in [0.25, 0.3) is 0 Å². The molecule has 2 rings (SSSR count). The molecule has 20 heavy (non-hydrogen) atoms. The van der Waals surface area contributed by atoms with Gasteiger partial charge in [0.15, 0.2) is 0 Å². The van der Waals surface area contributed by atoms with E-state index >= 15 is 0 Å². The molecule has 102 valence electrons. The molecule has 2 aromatic rings. The third-order valence-corrected chi connectivity index (χ3v) is 3.05. The lowest BCUT2D eigenvalue weighted by molar-refractivity contribution is 0.213. The van der Waals surface area contributed by atoms with Crippen molar-refractivity contribution in [1.29, 1.82) is 5.26 Å². The first-order valence-electron chi connectivity index (χ1n) is 5.96. The van der Waals surface area contributed by atoms with E-state index < -0.39 is 11.9 Å². The monoisotopic (exact) mass is 290 g/mol. The minimum Gasteiger partial charge on any atom is -0.484 e. The van der Waals surface area contributed by atoms with E-state index in [2.05, 4.69) is 0 Å². The van der Waals surface area contributed by atoms with Crippen molar-refractivity contribution < 1.29 is 9.13 Å². The largest absolute Gasteiger partial charge is 0.484 e. The maximum Gasteiger partial charge on any atom is 0.144 e. The van der Waals surface area contributed by atoms with Crippen molar-refractivity contribution in [2.75, 3.05) is 6.54 Å². The number of hydrogen-bond acceptors (Lipinski definition) is 3. The Kier molecular flexibility index (Phi) is 4.57. The molecule has 0 saturated carbocycles. The number of nitriles is 1. The van der Waals surface area contributed by atoms with Crippen LogP contribution in [0.2, 0.25) is 5.02 Å². The third-order valence-electron chi connectivity index (χ3n) is 2.80. The van der Waals surface area contributed by atoms with Gasteiger partial charge in [0.25, 0.3) is 0 Å². The molecule has 2 aromatic carbocycles. The molecule has 0 bridgehead atoms. The Hall–Kier alpha value is -2.09. The van der Waals surface area contributed by atoms with Gasteiger partial charge in [-0.05, 0) is 29.8 Å². The summed E-state index contributed by atoms with van der Waals surface area (Å²) >= 11 is 5.82. The molecular formula is C15H12ClFN2O. The molecule has 0 fully saturated rings. The van der Waals surface area contributed by atoms with Gasteiger partial charge in [0.1, 0.15) is 23.7 Å². The standard InChI is InChI=1S/C15H12ClFN2O/c16-12-4-1-10(2-5-12)15(9-19)20-13-6-3-11(8-18)14(17)7-13/h1-7,15H,9,19H2. The van der Waals surface area contributed by atoms with Gasteiger partial charge in [-0.3, -0.25) is 0 Å². The maximum atomic E-state index is 13.5. The minimum atomic E-state index is -0.614. The van der Waals surface area contributed by atoms with Crippen molar-refractivity contribution in [3.63, 3.8) is 0 Å². The predicted octanol–water partition coefficient (Wildman–Crippen LogP) is 3.43. The normalized spacial score (nSPS) is 11.7. The highest BCUT2D eigenvalue weighted by Gasteiger charge is 2.13. The summed E-state index contributed by atoms with van der Waals surface area (Å²) in [4.78, 5) is 0. The van der Waals surface area contributed by atoms with Crippen LogP contribution in [-0.2, 0) is 0 Å². The topological polar surface area (TPSA) is 59.0 Å². The van der Waals surface area contributed by atoms with Crippen LogP contribution in [0.3, 0.4) is 0 Å². The number of rotatable bonds is 4. The summed E-state index contributed by atoms with van der Waals surface area (Å²) in [5.74, 6) is -0.288. The second-order valence-electron chi connectivity index (χ2n) is 4.15. The lowest BCUT2D eigenvalue weighted by Crippen LogP contribution is -2.18. The molecule has 0 saturated heterocycles. The van der Waals surface area contributed by atoms with Gasteiger partial charge in [-0.1, -0.05) is 23.7 Å². The molecule has 0 aromatic heterocycles. The molecule has 0 aliphatic heterocycles. The molecule has 0 aliphatic rings. The second-order valence-corrected chi connectivity index (χ2v) is 4.58. The van der Waals surface area contributed by atoms with E-state index in [-0.39, 0.29) is 12.1 Å². The van der Waals surface area contributed by atoms with Crippen LogP contribution in [0.5, 0.6) is 5.75 Å². The fraction of sp³-hybridized carbons (Fsp3) is 0.133. The van der Waals surface area contributed by atoms with Crippen molar-refractivity contribution >= 4 is 11.6 Å². The van der Waals surface area contributed by atoms with E-state index in [0.717, 1.165) is 5.56 Å². The zero-order chi connectivity index (χ0) is 14.5. The smallest absolute Gasteiger partial charge is 0.144 e. The van der Waals surface area contributed by atoms with Crippen LogP contribution in [-0.4, -0.2) is 6.54 Å². The van der Waals surface area contributed by atoms with Crippen molar-refractivity contribution in [1.82, 2.24) is 0 Å². The third kappa shape index (κ3) is 3.27. The molecular weight excluding hydrogens is 279 g/mol. The number of nitrogens with zero attached hydrogens (tertiary/aromatic N) is 1. The zero-order valence-corrected chi connectivity index (χ0v) is 11.3. The van der Waals surface area contributed by atoms with E-state index in [0.29, 0.717) is 10.8 Å². The summed E-state index contributed by atoms with van der Waals surface area (Å²) in [6.45, 7) is 0.239. The highest BCUT2D eigenvalue weighted by atomic mass is 35.5. The highest BCUT2D eigenvalue weighted by Crippen LogP contribution is 2.24. The van der Waals surface area contributed by atoms with E-state index in [9.17, 15) is 4.39 Å². The van der Waals surface area contributed by atoms with Gasteiger partial charge in [-0.25, -0.2) is 4.39 Å². The zero-order valence-electron chi connectivity index (χ0n) is 10.5. The maximum absolute atomic E-state index is 13.5. The fourth-order valence-corrected chi connectivity index (χ4v) is 1.88. The van der Waals surface area contributed by atoms with Gasteiger partial charge in [0.05, 0.1) is 5.56 Å². The van der Waals surface area contributed by atoms with Gasteiger partial charge in [0, 0.05) is 17.6 Å². The summed E-state index contributed by atoms with van der Waals surface area (Å²) in [6.07, 6.45) is -0.403. The molecule has 5 heteroatoms. The van der Waals surface area contributed by atoms with Crippen LogP contribution in [0, 0.1) is 17.1 Å². The molecule has 0 spiro atoms. The highest BCUT2D eigenvalue weighted by molar-refractivity contribution is 6.30. The van der Waals surface area contributed by atoms with Crippen LogP contribution >= 0.6 is 11.6 Å². The Balaban J connectivity index is 2.20. The average molecular weight is 291 g/mol. The first kappa shape index (κ1) is 14.3. The Labute approximate surface area is 121 Å². The number of hydrogen-bond donors (Lipinski definition) is 1. The Morgan fingerprint density at radius 3 is 2.50 bits per heavy atom. The average Bonchev–Trinajstić information content (AvgIpc) is 2.46. The quantitative estimate of drug-likeness (QED) is 0.938. The molecule has 0 aliphatic carbocycles.